The molecule has 0 unspecified atom stereocenters. The topological polar surface area (TPSA) is 53.4 Å². The molecule has 1 fully saturated rings. The zero-order chi connectivity index (χ0) is 18.7. The lowest BCUT2D eigenvalue weighted by Crippen LogP contribution is -2.39. The van der Waals surface area contributed by atoms with Crippen LogP contribution in [0.1, 0.15) is 30.7 Å². The van der Waals surface area contributed by atoms with E-state index >= 15 is 0 Å². The minimum Gasteiger partial charge on any atom is -0.341 e. The molecule has 2 amide bonds. The van der Waals surface area contributed by atoms with Crippen LogP contribution in [0.5, 0.6) is 0 Å². The Hall–Kier alpha value is -2.34. The predicted molar refractivity (Wildman–Crippen MR) is 107 cm³/mol. The number of benzene rings is 1. The van der Waals surface area contributed by atoms with Gasteiger partial charge in [-0.25, -0.2) is 4.79 Å². The summed E-state index contributed by atoms with van der Waals surface area (Å²) in [6.45, 7) is 6.61. The third kappa shape index (κ3) is 3.60. The lowest BCUT2D eigenvalue weighted by Gasteiger charge is -2.29. The van der Waals surface area contributed by atoms with Gasteiger partial charge in [0.2, 0.25) is 0 Å². The van der Waals surface area contributed by atoms with Crippen LogP contribution in [0.25, 0.3) is 10.9 Å². The lowest BCUT2D eigenvalue weighted by atomic mass is 9.89. The van der Waals surface area contributed by atoms with E-state index in [0.29, 0.717) is 18.3 Å². The van der Waals surface area contributed by atoms with Gasteiger partial charge in [-0.2, -0.15) is 5.10 Å². The minimum absolute atomic E-state index is 0.147. The van der Waals surface area contributed by atoms with Crippen LogP contribution in [0.3, 0.4) is 0 Å². The van der Waals surface area contributed by atoms with Crippen molar-refractivity contribution in [1.29, 1.82) is 0 Å². The highest BCUT2D eigenvalue weighted by Crippen LogP contribution is 2.32. The number of urea groups is 1. The molecule has 26 heavy (non-hydrogen) atoms. The number of hydrogen-bond donors (Lipinski definition) is 1. The molecular formula is C20H29N5O. The number of aryl methyl sites for hydroxylation is 1. The first-order valence-electron chi connectivity index (χ1n) is 9.30. The Morgan fingerprint density at radius 3 is 2.77 bits per heavy atom. The second kappa shape index (κ2) is 7.91. The molecule has 3 rings (SSSR count). The number of nitrogens with zero attached hydrogens (tertiary/aromatic N) is 4. The normalized spacial score (nSPS) is 16.0. The van der Waals surface area contributed by atoms with Gasteiger partial charge in [0.05, 0.1) is 5.52 Å². The van der Waals surface area contributed by atoms with Gasteiger partial charge in [-0.3, -0.25) is 9.58 Å². The van der Waals surface area contributed by atoms with Crippen LogP contribution in [0.2, 0.25) is 0 Å². The first-order valence-corrected chi connectivity index (χ1v) is 9.30. The van der Waals surface area contributed by atoms with Crippen molar-refractivity contribution in [3.8, 4) is 0 Å². The fourth-order valence-electron chi connectivity index (χ4n) is 3.71. The summed E-state index contributed by atoms with van der Waals surface area (Å²) in [6, 6.07) is 6.43. The fraction of sp³-hybridized carbons (Fsp3) is 0.500. The van der Waals surface area contributed by atoms with Gasteiger partial charge in [0.25, 0.3) is 0 Å². The van der Waals surface area contributed by atoms with Crippen LogP contribution >= 0.6 is 0 Å². The quantitative estimate of drug-likeness (QED) is 0.839. The van der Waals surface area contributed by atoms with Crippen molar-refractivity contribution in [1.82, 2.24) is 20.0 Å². The number of likely N-dealkylation sites (tertiary alicyclic amines) is 1. The van der Waals surface area contributed by atoms with E-state index in [2.05, 4.69) is 47.1 Å². The summed E-state index contributed by atoms with van der Waals surface area (Å²) in [4.78, 5) is 16.4. The smallest absolute Gasteiger partial charge is 0.322 e. The van der Waals surface area contributed by atoms with Crippen molar-refractivity contribution in [2.45, 2.75) is 25.2 Å². The highest BCUT2D eigenvalue weighted by atomic mass is 16.2. The van der Waals surface area contributed by atoms with Crippen molar-refractivity contribution in [2.75, 3.05) is 38.6 Å². The molecule has 0 spiro atoms. The molecule has 2 heterocycles. The summed E-state index contributed by atoms with van der Waals surface area (Å²) in [6.07, 6.45) is 4.92. The van der Waals surface area contributed by atoms with Crippen LogP contribution in [-0.4, -0.2) is 54.4 Å². The molecular weight excluding hydrogens is 326 g/mol. The zero-order valence-corrected chi connectivity index (χ0v) is 16.0. The average Bonchev–Trinajstić information content (AvgIpc) is 2.98. The summed E-state index contributed by atoms with van der Waals surface area (Å²) in [5.74, 6) is 1.31. The van der Waals surface area contributed by atoms with E-state index in [9.17, 15) is 4.79 Å². The molecule has 140 valence electrons. The van der Waals surface area contributed by atoms with Gasteiger partial charge in [0.15, 0.2) is 5.82 Å². The molecule has 1 saturated heterocycles. The average molecular weight is 355 g/mol. The van der Waals surface area contributed by atoms with E-state index < -0.39 is 0 Å². The Morgan fingerprint density at radius 2 is 2.12 bits per heavy atom. The van der Waals surface area contributed by atoms with E-state index in [1.807, 2.05) is 17.8 Å². The second-order valence-corrected chi connectivity index (χ2v) is 7.09. The monoisotopic (exact) mass is 355 g/mol. The number of hydrogen-bond acceptors (Lipinski definition) is 3. The molecule has 6 heteroatoms. The number of anilines is 1. The van der Waals surface area contributed by atoms with Crippen LogP contribution in [0.4, 0.5) is 10.6 Å². The van der Waals surface area contributed by atoms with Crippen molar-refractivity contribution in [2.24, 2.45) is 7.05 Å². The summed E-state index contributed by atoms with van der Waals surface area (Å²) in [7, 11) is 5.77. The number of aromatic nitrogens is 2. The van der Waals surface area contributed by atoms with Gasteiger partial charge in [-0.1, -0.05) is 12.1 Å². The summed E-state index contributed by atoms with van der Waals surface area (Å²) >= 11 is 0. The molecule has 2 aromatic rings. The molecule has 1 aliphatic rings. The molecule has 0 atom stereocenters. The molecule has 1 N–H and O–H groups in total. The van der Waals surface area contributed by atoms with E-state index in [1.54, 1.807) is 11.9 Å². The van der Waals surface area contributed by atoms with E-state index in [4.69, 9.17) is 0 Å². The zero-order valence-electron chi connectivity index (χ0n) is 16.0. The van der Waals surface area contributed by atoms with Crippen molar-refractivity contribution < 1.29 is 4.79 Å². The molecule has 1 aliphatic heterocycles. The fourth-order valence-corrected chi connectivity index (χ4v) is 3.71. The summed E-state index contributed by atoms with van der Waals surface area (Å²) in [5, 5.41) is 8.37. The third-order valence-corrected chi connectivity index (χ3v) is 5.32. The number of carbonyl (C=O) groups is 1. The maximum absolute atomic E-state index is 12.3. The Bertz CT molecular complexity index is 789. The number of piperidine rings is 1. The van der Waals surface area contributed by atoms with Crippen LogP contribution in [-0.2, 0) is 7.05 Å². The molecule has 1 aromatic heterocycles. The van der Waals surface area contributed by atoms with Crippen LogP contribution in [0.15, 0.2) is 30.9 Å². The lowest BCUT2D eigenvalue weighted by molar-refractivity contribution is 0.248. The Balaban J connectivity index is 1.95. The van der Waals surface area contributed by atoms with Gasteiger partial charge >= 0.3 is 6.03 Å². The molecule has 0 bridgehead atoms. The number of amides is 2. The number of carbonyl (C=O) groups excluding carboxylic acids is 1. The minimum atomic E-state index is -0.147. The first kappa shape index (κ1) is 18.5. The van der Waals surface area contributed by atoms with E-state index in [-0.39, 0.29) is 6.03 Å². The number of fused-ring (bicyclic) bond motifs is 1. The van der Waals surface area contributed by atoms with E-state index in [1.165, 1.54) is 18.4 Å². The summed E-state index contributed by atoms with van der Waals surface area (Å²) in [5.41, 5.74) is 2.45. The van der Waals surface area contributed by atoms with Gasteiger partial charge in [-0.15, -0.1) is 6.58 Å². The maximum atomic E-state index is 12.3. The summed E-state index contributed by atoms with van der Waals surface area (Å²) < 4.78 is 1.88. The maximum Gasteiger partial charge on any atom is 0.322 e. The highest BCUT2D eigenvalue weighted by Gasteiger charge is 2.23. The van der Waals surface area contributed by atoms with Gasteiger partial charge in [-0.05, 0) is 63.0 Å². The molecule has 0 aliphatic carbocycles. The Labute approximate surface area is 155 Å². The van der Waals surface area contributed by atoms with E-state index in [0.717, 1.165) is 30.4 Å². The standard InChI is InChI=1S/C20H29N5O/c1-5-6-11-25(20(26)21-2)19-17-8-7-16(14-18(17)24(4)22-19)15-9-12-23(3)13-10-15/h5,7-8,14-15H,1,6,9-13H2,2-4H3,(H,21,26). The molecule has 1 aromatic carbocycles. The molecule has 0 saturated carbocycles. The van der Waals surface area contributed by atoms with Crippen LogP contribution in [0, 0.1) is 0 Å². The largest absolute Gasteiger partial charge is 0.341 e. The number of rotatable bonds is 5. The van der Waals surface area contributed by atoms with Gasteiger partial charge < -0.3 is 10.2 Å². The third-order valence-electron chi connectivity index (χ3n) is 5.32. The van der Waals surface area contributed by atoms with Gasteiger partial charge in [0, 0.05) is 26.0 Å². The molecule has 6 nitrogen and oxygen atoms in total. The number of nitrogens with one attached hydrogen (secondary N) is 1. The van der Waals surface area contributed by atoms with Gasteiger partial charge in [0.1, 0.15) is 0 Å². The van der Waals surface area contributed by atoms with Crippen molar-refractivity contribution >= 4 is 22.8 Å². The van der Waals surface area contributed by atoms with Crippen molar-refractivity contribution in [3.63, 3.8) is 0 Å². The van der Waals surface area contributed by atoms with Crippen molar-refractivity contribution in [3.05, 3.63) is 36.4 Å². The Morgan fingerprint density at radius 1 is 1.38 bits per heavy atom. The second-order valence-electron chi connectivity index (χ2n) is 7.09. The molecule has 0 radical (unpaired) electrons. The predicted octanol–water partition coefficient (Wildman–Crippen LogP) is 3.10. The first-order chi connectivity index (χ1) is 12.5. The Kier molecular flexibility index (Phi) is 5.61. The highest BCUT2D eigenvalue weighted by molar-refractivity contribution is 6.01. The van der Waals surface area contributed by atoms with Crippen LogP contribution < -0.4 is 10.2 Å². The SMILES string of the molecule is C=CCCN(C(=O)NC)c1nn(C)c2cc(C3CCN(C)CC3)ccc12.